The van der Waals surface area contributed by atoms with Gasteiger partial charge in [0, 0.05) is 5.41 Å². The second-order valence-corrected chi connectivity index (χ2v) is 13.7. The van der Waals surface area contributed by atoms with Gasteiger partial charge >= 0.3 is 0 Å². The number of aliphatic hydroxyl groups excluding tert-OH is 2. The van der Waals surface area contributed by atoms with Crippen molar-refractivity contribution in [1.29, 1.82) is 0 Å². The maximum absolute atomic E-state index is 10.8. The van der Waals surface area contributed by atoms with Crippen molar-refractivity contribution in [3.8, 4) is 0 Å². The summed E-state index contributed by atoms with van der Waals surface area (Å²) in [6, 6.07) is 0. The zero-order valence-corrected chi connectivity index (χ0v) is 22.0. The van der Waals surface area contributed by atoms with Crippen molar-refractivity contribution in [2.45, 2.75) is 118 Å². The maximum atomic E-state index is 10.8. The Kier molecular flexibility index (Phi) is 6.11. The summed E-state index contributed by atoms with van der Waals surface area (Å²) in [5.74, 6) is 2.79. The van der Waals surface area contributed by atoms with Gasteiger partial charge in [-0.1, -0.05) is 65.3 Å². The van der Waals surface area contributed by atoms with E-state index >= 15 is 0 Å². The molecule has 0 aromatic carbocycles. The van der Waals surface area contributed by atoms with Crippen LogP contribution in [0.2, 0.25) is 0 Å². The van der Waals surface area contributed by atoms with Crippen LogP contribution in [0.1, 0.15) is 106 Å². The summed E-state index contributed by atoms with van der Waals surface area (Å²) in [4.78, 5) is 0. The van der Waals surface area contributed by atoms with Gasteiger partial charge in [-0.05, 0) is 105 Å². The molecule has 0 aliphatic heterocycles. The van der Waals surface area contributed by atoms with E-state index in [1.165, 1.54) is 32.1 Å². The smallest absolute Gasteiger partial charge is 0.0744 e. The minimum Gasteiger partial charge on any atom is -0.392 e. The molecule has 4 rings (SSSR count). The lowest BCUT2D eigenvalue weighted by Gasteiger charge is -2.66. The standard InChI is InChI=1S/C30H50O2/c1-19(2)24(31)12-9-20(3)21-15-16-30(8)25-13-10-22-23(11-14-26(32)27(22,4)5)28(25,6)17-18-29(21,30)7/h10,20-21,23-26,31-32H,1,9,11-18H2,2-8H3/t20-,21+,23-,24+,25+,26+,28+,29+,30-/m1/s1. The number of allylic oxidation sites excluding steroid dienone is 1. The fourth-order valence-electron chi connectivity index (χ4n) is 9.50. The van der Waals surface area contributed by atoms with Crippen LogP contribution in [0.5, 0.6) is 0 Å². The quantitative estimate of drug-likeness (QED) is 0.438. The summed E-state index contributed by atoms with van der Waals surface area (Å²) >= 11 is 0. The molecule has 0 aromatic rings. The first-order chi connectivity index (χ1) is 14.8. The minimum atomic E-state index is -0.348. The zero-order valence-electron chi connectivity index (χ0n) is 22.0. The van der Waals surface area contributed by atoms with E-state index in [0.717, 1.165) is 43.1 Å². The first-order valence-corrected chi connectivity index (χ1v) is 13.5. The second kappa shape index (κ2) is 7.98. The lowest BCUT2D eigenvalue weighted by molar-refractivity contribution is -0.145. The van der Waals surface area contributed by atoms with Gasteiger partial charge in [-0.2, -0.15) is 0 Å². The van der Waals surface area contributed by atoms with E-state index < -0.39 is 0 Å². The molecule has 182 valence electrons. The minimum absolute atomic E-state index is 0.0740. The summed E-state index contributed by atoms with van der Waals surface area (Å²) in [7, 11) is 0. The van der Waals surface area contributed by atoms with Gasteiger partial charge in [-0.15, -0.1) is 0 Å². The molecule has 0 spiro atoms. The number of hydrogen-bond donors (Lipinski definition) is 2. The van der Waals surface area contributed by atoms with Gasteiger partial charge in [0.2, 0.25) is 0 Å². The van der Waals surface area contributed by atoms with Gasteiger partial charge in [-0.25, -0.2) is 0 Å². The molecule has 32 heavy (non-hydrogen) atoms. The summed E-state index contributed by atoms with van der Waals surface area (Å²) in [6.45, 7) is 20.8. The number of rotatable bonds is 5. The van der Waals surface area contributed by atoms with E-state index in [-0.39, 0.29) is 17.6 Å². The third-order valence-corrected chi connectivity index (χ3v) is 12.0. The molecule has 2 N–H and O–H groups in total. The highest BCUT2D eigenvalue weighted by Gasteiger charge is 2.67. The molecule has 4 aliphatic rings. The van der Waals surface area contributed by atoms with Crippen molar-refractivity contribution < 1.29 is 10.2 Å². The Labute approximate surface area is 198 Å². The van der Waals surface area contributed by atoms with Crippen LogP contribution in [-0.4, -0.2) is 22.4 Å². The van der Waals surface area contributed by atoms with Crippen molar-refractivity contribution in [3.05, 3.63) is 23.8 Å². The van der Waals surface area contributed by atoms with Crippen LogP contribution in [-0.2, 0) is 0 Å². The fourth-order valence-corrected chi connectivity index (χ4v) is 9.50. The normalized spacial score (nSPS) is 47.0. The van der Waals surface area contributed by atoms with Gasteiger partial charge in [0.1, 0.15) is 0 Å². The van der Waals surface area contributed by atoms with Crippen molar-refractivity contribution in [2.75, 3.05) is 0 Å². The highest BCUT2D eigenvalue weighted by Crippen LogP contribution is 2.74. The average molecular weight is 443 g/mol. The zero-order chi connectivity index (χ0) is 23.7. The summed E-state index contributed by atoms with van der Waals surface area (Å²) in [5, 5.41) is 21.1. The largest absolute Gasteiger partial charge is 0.392 e. The molecule has 0 unspecified atom stereocenters. The summed E-state index contributed by atoms with van der Waals surface area (Å²) < 4.78 is 0. The van der Waals surface area contributed by atoms with Crippen LogP contribution in [0.4, 0.5) is 0 Å². The molecule has 0 amide bonds. The molecule has 0 bridgehead atoms. The van der Waals surface area contributed by atoms with Crippen LogP contribution >= 0.6 is 0 Å². The summed E-state index contributed by atoms with van der Waals surface area (Å²) in [5.41, 5.74) is 3.53. The molecule has 0 radical (unpaired) electrons. The van der Waals surface area contributed by atoms with Crippen molar-refractivity contribution in [3.63, 3.8) is 0 Å². The van der Waals surface area contributed by atoms with Gasteiger partial charge in [-0.3, -0.25) is 0 Å². The van der Waals surface area contributed by atoms with Crippen LogP contribution in [0, 0.1) is 45.3 Å². The molecule has 2 heteroatoms. The van der Waals surface area contributed by atoms with E-state index in [0.29, 0.717) is 28.1 Å². The fraction of sp³-hybridized carbons (Fsp3) is 0.867. The number of aliphatic hydroxyl groups is 2. The van der Waals surface area contributed by atoms with Crippen LogP contribution < -0.4 is 0 Å². The molecule has 0 heterocycles. The van der Waals surface area contributed by atoms with E-state index in [9.17, 15) is 10.2 Å². The number of fused-ring (bicyclic) bond motifs is 5. The van der Waals surface area contributed by atoms with Crippen LogP contribution in [0.15, 0.2) is 23.8 Å². The van der Waals surface area contributed by atoms with E-state index in [1.54, 1.807) is 5.57 Å². The Morgan fingerprint density at radius 2 is 1.72 bits per heavy atom. The van der Waals surface area contributed by atoms with Crippen molar-refractivity contribution in [1.82, 2.24) is 0 Å². The van der Waals surface area contributed by atoms with Gasteiger partial charge in [0.05, 0.1) is 12.2 Å². The molecular weight excluding hydrogens is 392 g/mol. The molecule has 3 saturated carbocycles. The molecule has 0 aromatic heterocycles. The highest BCUT2D eigenvalue weighted by molar-refractivity contribution is 5.30. The van der Waals surface area contributed by atoms with Crippen LogP contribution in [0.25, 0.3) is 0 Å². The summed E-state index contributed by atoms with van der Waals surface area (Å²) in [6.07, 6.45) is 12.7. The lowest BCUT2D eigenvalue weighted by atomic mass is 9.39. The molecule has 2 nitrogen and oxygen atoms in total. The maximum Gasteiger partial charge on any atom is 0.0744 e. The van der Waals surface area contributed by atoms with E-state index in [2.05, 4.69) is 54.2 Å². The topological polar surface area (TPSA) is 40.5 Å². The van der Waals surface area contributed by atoms with E-state index in [1.807, 2.05) is 6.92 Å². The third kappa shape index (κ3) is 3.33. The second-order valence-electron chi connectivity index (χ2n) is 13.7. The molecule has 4 aliphatic carbocycles. The SMILES string of the molecule is C=C(C)[C@@H](O)CC[C@@H](C)[C@@H]1CC[C@]2(C)[C@H]3CC=C4[C@@H](CC[C@H](O)C4(C)C)[C@]3(C)CC[C@@]12C. The van der Waals surface area contributed by atoms with Crippen molar-refractivity contribution in [2.24, 2.45) is 45.3 Å². The Morgan fingerprint density at radius 3 is 2.38 bits per heavy atom. The Balaban J connectivity index is 1.60. The van der Waals surface area contributed by atoms with E-state index in [4.69, 9.17) is 0 Å². The Morgan fingerprint density at radius 1 is 1.03 bits per heavy atom. The molecule has 3 fully saturated rings. The average Bonchev–Trinajstić information content (AvgIpc) is 3.00. The Bertz CT molecular complexity index is 780. The first-order valence-electron chi connectivity index (χ1n) is 13.5. The molecule has 9 atom stereocenters. The first kappa shape index (κ1) is 24.5. The third-order valence-electron chi connectivity index (χ3n) is 12.0. The number of hydrogen-bond acceptors (Lipinski definition) is 2. The van der Waals surface area contributed by atoms with Gasteiger partial charge in [0.25, 0.3) is 0 Å². The van der Waals surface area contributed by atoms with Crippen LogP contribution in [0.3, 0.4) is 0 Å². The van der Waals surface area contributed by atoms with Gasteiger partial charge in [0.15, 0.2) is 0 Å². The highest BCUT2D eigenvalue weighted by atomic mass is 16.3. The molecule has 0 saturated heterocycles. The predicted molar refractivity (Wildman–Crippen MR) is 134 cm³/mol. The van der Waals surface area contributed by atoms with Crippen molar-refractivity contribution >= 4 is 0 Å². The Hall–Kier alpha value is -0.600. The molecular formula is C30H50O2. The lowest BCUT2D eigenvalue weighted by Crippen LogP contribution is -2.59. The van der Waals surface area contributed by atoms with Gasteiger partial charge < -0.3 is 10.2 Å². The predicted octanol–water partition coefficient (Wildman–Crippen LogP) is 7.31. The monoisotopic (exact) mass is 442 g/mol.